The molecule has 0 bridgehead atoms. The highest BCUT2D eigenvalue weighted by atomic mass is 35.5. The molecule has 0 aliphatic carbocycles. The molecular weight excluding hydrogens is 412 g/mol. The van der Waals surface area contributed by atoms with Crippen molar-refractivity contribution in [2.75, 3.05) is 24.4 Å². The molecule has 0 unspecified atom stereocenters. The SMILES string of the molecule is COc1cc(CNc2cccc(Cl)c2C)ccc1OCC(=O)Nc1cc(C)ccc1C. The lowest BCUT2D eigenvalue weighted by atomic mass is 10.1. The molecule has 3 aromatic carbocycles. The van der Waals surface area contributed by atoms with Crippen LogP contribution in [-0.2, 0) is 11.3 Å². The molecule has 0 saturated carbocycles. The highest BCUT2D eigenvalue weighted by Crippen LogP contribution is 2.29. The standard InChI is InChI=1S/C25H27ClN2O3/c1-16-8-9-17(2)22(12-16)28-25(29)15-31-23-11-10-19(13-24(23)30-4)14-27-21-7-5-6-20(26)18(21)3/h5-13,27H,14-15H2,1-4H3,(H,28,29). The second-order valence-electron chi connectivity index (χ2n) is 7.41. The summed E-state index contributed by atoms with van der Waals surface area (Å²) in [6.07, 6.45) is 0. The van der Waals surface area contributed by atoms with Gasteiger partial charge in [-0.3, -0.25) is 4.79 Å². The Labute approximate surface area is 188 Å². The molecule has 5 nitrogen and oxygen atoms in total. The molecule has 0 heterocycles. The van der Waals surface area contributed by atoms with Crippen LogP contribution in [0.2, 0.25) is 5.02 Å². The van der Waals surface area contributed by atoms with Crippen LogP contribution in [0.4, 0.5) is 11.4 Å². The maximum absolute atomic E-state index is 12.3. The van der Waals surface area contributed by atoms with Gasteiger partial charge in [0.2, 0.25) is 0 Å². The number of halogens is 1. The van der Waals surface area contributed by atoms with Crippen LogP contribution >= 0.6 is 11.6 Å². The zero-order valence-electron chi connectivity index (χ0n) is 18.2. The third kappa shape index (κ3) is 5.92. The summed E-state index contributed by atoms with van der Waals surface area (Å²) in [7, 11) is 1.58. The molecule has 0 saturated heterocycles. The maximum atomic E-state index is 12.3. The van der Waals surface area contributed by atoms with E-state index < -0.39 is 0 Å². The lowest BCUT2D eigenvalue weighted by Gasteiger charge is -2.14. The van der Waals surface area contributed by atoms with E-state index in [0.29, 0.717) is 18.0 Å². The molecule has 0 aliphatic rings. The number of benzene rings is 3. The number of hydrogen-bond acceptors (Lipinski definition) is 4. The van der Waals surface area contributed by atoms with Crippen LogP contribution in [0.25, 0.3) is 0 Å². The summed E-state index contributed by atoms with van der Waals surface area (Å²) in [6.45, 7) is 6.41. The molecule has 162 valence electrons. The molecule has 2 N–H and O–H groups in total. The predicted molar refractivity (Wildman–Crippen MR) is 127 cm³/mol. The molecule has 3 aromatic rings. The van der Waals surface area contributed by atoms with Crippen molar-refractivity contribution in [3.63, 3.8) is 0 Å². The van der Waals surface area contributed by atoms with E-state index in [9.17, 15) is 4.79 Å². The number of aryl methyl sites for hydroxylation is 2. The number of amides is 1. The number of methoxy groups -OCH3 is 1. The molecule has 6 heteroatoms. The van der Waals surface area contributed by atoms with Crippen molar-refractivity contribution in [1.82, 2.24) is 0 Å². The normalized spacial score (nSPS) is 10.5. The zero-order chi connectivity index (χ0) is 22.4. The van der Waals surface area contributed by atoms with Crippen molar-refractivity contribution in [3.05, 3.63) is 81.9 Å². The van der Waals surface area contributed by atoms with Gasteiger partial charge in [-0.15, -0.1) is 0 Å². The molecule has 0 atom stereocenters. The number of carbonyl (C=O) groups excluding carboxylic acids is 1. The van der Waals surface area contributed by atoms with Crippen LogP contribution < -0.4 is 20.1 Å². The van der Waals surface area contributed by atoms with Gasteiger partial charge in [0.25, 0.3) is 5.91 Å². The summed E-state index contributed by atoms with van der Waals surface area (Å²) in [6, 6.07) is 17.3. The molecule has 3 rings (SSSR count). The van der Waals surface area contributed by atoms with Crippen LogP contribution in [-0.4, -0.2) is 19.6 Å². The van der Waals surface area contributed by atoms with Gasteiger partial charge in [0, 0.05) is 22.9 Å². The molecule has 0 radical (unpaired) electrons. The quantitative estimate of drug-likeness (QED) is 0.459. The number of nitrogens with one attached hydrogen (secondary N) is 2. The molecule has 1 amide bonds. The van der Waals surface area contributed by atoms with Crippen molar-refractivity contribution in [3.8, 4) is 11.5 Å². The minimum absolute atomic E-state index is 0.108. The van der Waals surface area contributed by atoms with Crippen LogP contribution in [0.1, 0.15) is 22.3 Å². The second-order valence-corrected chi connectivity index (χ2v) is 7.81. The Bertz CT molecular complexity index is 1080. The second kappa shape index (κ2) is 10.2. The van der Waals surface area contributed by atoms with E-state index >= 15 is 0 Å². The third-order valence-corrected chi connectivity index (χ3v) is 5.41. The number of carbonyl (C=O) groups is 1. The number of hydrogen-bond donors (Lipinski definition) is 2. The first kappa shape index (κ1) is 22.5. The summed E-state index contributed by atoms with van der Waals surface area (Å²) in [4.78, 5) is 12.3. The van der Waals surface area contributed by atoms with Gasteiger partial charge >= 0.3 is 0 Å². The Hall–Kier alpha value is -3.18. The average Bonchev–Trinajstić information content (AvgIpc) is 2.76. The Morgan fingerprint density at radius 1 is 0.968 bits per heavy atom. The Kier molecular flexibility index (Phi) is 7.42. The van der Waals surface area contributed by atoms with Gasteiger partial charge in [-0.2, -0.15) is 0 Å². The Balaban J connectivity index is 1.61. The predicted octanol–water partition coefficient (Wildman–Crippen LogP) is 5.90. The molecule has 0 aliphatic heterocycles. The summed E-state index contributed by atoms with van der Waals surface area (Å²) >= 11 is 6.18. The van der Waals surface area contributed by atoms with E-state index in [-0.39, 0.29) is 12.5 Å². The van der Waals surface area contributed by atoms with Crippen molar-refractivity contribution in [2.45, 2.75) is 27.3 Å². The highest BCUT2D eigenvalue weighted by Gasteiger charge is 2.11. The molecule has 0 aromatic heterocycles. The molecular formula is C25H27ClN2O3. The highest BCUT2D eigenvalue weighted by molar-refractivity contribution is 6.31. The molecule has 31 heavy (non-hydrogen) atoms. The first-order valence-corrected chi connectivity index (χ1v) is 10.4. The first-order valence-electron chi connectivity index (χ1n) is 10.0. The third-order valence-electron chi connectivity index (χ3n) is 5.00. The lowest BCUT2D eigenvalue weighted by Crippen LogP contribution is -2.21. The summed E-state index contributed by atoms with van der Waals surface area (Å²) in [5.41, 5.74) is 5.88. The van der Waals surface area contributed by atoms with Crippen LogP contribution in [0.3, 0.4) is 0 Å². The Morgan fingerprint density at radius 2 is 1.77 bits per heavy atom. The molecule has 0 spiro atoms. The number of anilines is 2. The van der Waals surface area contributed by atoms with E-state index in [1.807, 2.05) is 75.4 Å². The maximum Gasteiger partial charge on any atom is 0.262 e. The fraction of sp³-hybridized carbons (Fsp3) is 0.240. The average molecular weight is 439 g/mol. The monoisotopic (exact) mass is 438 g/mol. The van der Waals surface area contributed by atoms with E-state index in [2.05, 4.69) is 10.6 Å². The Morgan fingerprint density at radius 3 is 2.55 bits per heavy atom. The largest absolute Gasteiger partial charge is 0.493 e. The molecule has 0 fully saturated rings. The van der Waals surface area contributed by atoms with Gasteiger partial charge in [-0.05, 0) is 73.4 Å². The van der Waals surface area contributed by atoms with E-state index in [4.69, 9.17) is 21.1 Å². The summed E-state index contributed by atoms with van der Waals surface area (Å²) in [5.74, 6) is 0.862. The van der Waals surface area contributed by atoms with Gasteiger partial charge in [0.1, 0.15) is 0 Å². The summed E-state index contributed by atoms with van der Waals surface area (Å²) < 4.78 is 11.2. The van der Waals surface area contributed by atoms with Crippen molar-refractivity contribution >= 4 is 28.9 Å². The minimum Gasteiger partial charge on any atom is -0.493 e. The van der Waals surface area contributed by atoms with E-state index in [1.165, 1.54) is 0 Å². The van der Waals surface area contributed by atoms with E-state index in [1.54, 1.807) is 7.11 Å². The van der Waals surface area contributed by atoms with Gasteiger partial charge in [-0.1, -0.05) is 35.9 Å². The van der Waals surface area contributed by atoms with Crippen LogP contribution in [0.15, 0.2) is 54.6 Å². The van der Waals surface area contributed by atoms with Gasteiger partial charge in [-0.25, -0.2) is 0 Å². The number of ether oxygens (including phenoxy) is 2. The summed E-state index contributed by atoms with van der Waals surface area (Å²) in [5, 5.41) is 7.00. The lowest BCUT2D eigenvalue weighted by molar-refractivity contribution is -0.118. The zero-order valence-corrected chi connectivity index (χ0v) is 19.0. The van der Waals surface area contributed by atoms with Crippen LogP contribution in [0, 0.1) is 20.8 Å². The van der Waals surface area contributed by atoms with Gasteiger partial charge in [0.05, 0.1) is 7.11 Å². The van der Waals surface area contributed by atoms with Crippen molar-refractivity contribution in [2.24, 2.45) is 0 Å². The fourth-order valence-electron chi connectivity index (χ4n) is 3.14. The van der Waals surface area contributed by atoms with Gasteiger partial charge in [0.15, 0.2) is 18.1 Å². The first-order chi connectivity index (χ1) is 14.9. The fourth-order valence-corrected chi connectivity index (χ4v) is 3.31. The van der Waals surface area contributed by atoms with E-state index in [0.717, 1.165) is 38.7 Å². The van der Waals surface area contributed by atoms with Crippen molar-refractivity contribution < 1.29 is 14.3 Å². The minimum atomic E-state index is -0.224. The smallest absolute Gasteiger partial charge is 0.262 e. The topological polar surface area (TPSA) is 59.6 Å². The number of rotatable bonds is 8. The van der Waals surface area contributed by atoms with Crippen molar-refractivity contribution in [1.29, 1.82) is 0 Å². The van der Waals surface area contributed by atoms with Crippen LogP contribution in [0.5, 0.6) is 11.5 Å². The van der Waals surface area contributed by atoms with Gasteiger partial charge < -0.3 is 20.1 Å².